The highest BCUT2D eigenvalue weighted by molar-refractivity contribution is 7.92. The summed E-state index contributed by atoms with van der Waals surface area (Å²) in [6, 6.07) is 17.2. The first kappa shape index (κ1) is 24.5. The molecule has 7 nitrogen and oxygen atoms in total. The summed E-state index contributed by atoms with van der Waals surface area (Å²) in [5.74, 6) is -0.328. The largest absolute Gasteiger partial charge is 0.346 e. The molecule has 0 aromatic heterocycles. The molecule has 3 rings (SSSR count). The Bertz CT molecular complexity index is 1380. The highest BCUT2D eigenvalue weighted by atomic mass is 32.2. The number of sulfone groups is 1. The number of benzene rings is 3. The molecule has 2 N–H and O–H groups in total. The van der Waals surface area contributed by atoms with E-state index in [-0.39, 0.29) is 21.7 Å². The van der Waals surface area contributed by atoms with Crippen molar-refractivity contribution in [2.75, 3.05) is 11.0 Å². The van der Waals surface area contributed by atoms with Gasteiger partial charge in [-0.25, -0.2) is 16.8 Å². The third-order valence-corrected chi connectivity index (χ3v) is 7.73. The molecule has 174 valence electrons. The first-order valence-electron chi connectivity index (χ1n) is 10.2. The van der Waals surface area contributed by atoms with Gasteiger partial charge in [-0.1, -0.05) is 29.8 Å². The van der Waals surface area contributed by atoms with E-state index in [1.807, 2.05) is 6.92 Å². The van der Waals surface area contributed by atoms with E-state index in [1.165, 1.54) is 12.1 Å². The van der Waals surface area contributed by atoms with Crippen LogP contribution in [0, 0.1) is 13.8 Å². The van der Waals surface area contributed by atoms with Crippen LogP contribution in [0.25, 0.3) is 0 Å². The minimum atomic E-state index is -3.75. The Morgan fingerprint density at radius 1 is 0.818 bits per heavy atom. The van der Waals surface area contributed by atoms with E-state index in [9.17, 15) is 21.6 Å². The quantitative estimate of drug-likeness (QED) is 0.525. The molecule has 9 heteroatoms. The van der Waals surface area contributed by atoms with Crippen molar-refractivity contribution in [1.29, 1.82) is 0 Å². The lowest BCUT2D eigenvalue weighted by Crippen LogP contribution is -2.26. The van der Waals surface area contributed by atoms with Crippen LogP contribution < -0.4 is 10.0 Å². The zero-order valence-corrected chi connectivity index (χ0v) is 20.4. The predicted octanol–water partition coefficient (Wildman–Crippen LogP) is 4.00. The van der Waals surface area contributed by atoms with Crippen LogP contribution in [0.3, 0.4) is 0 Å². The van der Waals surface area contributed by atoms with Gasteiger partial charge in [0.15, 0.2) is 9.84 Å². The van der Waals surface area contributed by atoms with Gasteiger partial charge in [0.1, 0.15) is 0 Å². The summed E-state index contributed by atoms with van der Waals surface area (Å²) < 4.78 is 51.1. The van der Waals surface area contributed by atoms with E-state index in [2.05, 4.69) is 10.0 Å². The van der Waals surface area contributed by atoms with Gasteiger partial charge < -0.3 is 5.32 Å². The van der Waals surface area contributed by atoms with Crippen LogP contribution in [0.15, 0.2) is 76.5 Å². The van der Waals surface area contributed by atoms with Gasteiger partial charge in [0.25, 0.3) is 15.9 Å². The van der Waals surface area contributed by atoms with E-state index >= 15 is 0 Å². The molecule has 33 heavy (non-hydrogen) atoms. The molecule has 0 aliphatic carbocycles. The summed E-state index contributed by atoms with van der Waals surface area (Å²) in [7, 11) is -7.04. The number of hydrogen-bond acceptors (Lipinski definition) is 5. The fourth-order valence-electron chi connectivity index (χ4n) is 3.21. The zero-order valence-electron chi connectivity index (χ0n) is 18.8. The molecule has 0 radical (unpaired) electrons. The van der Waals surface area contributed by atoms with E-state index in [0.29, 0.717) is 16.8 Å². The molecule has 0 fully saturated rings. The van der Waals surface area contributed by atoms with Gasteiger partial charge in [-0.2, -0.15) is 0 Å². The van der Waals surface area contributed by atoms with Gasteiger partial charge in [-0.3, -0.25) is 9.52 Å². The van der Waals surface area contributed by atoms with Crippen LogP contribution in [-0.4, -0.2) is 29.0 Å². The average molecular weight is 487 g/mol. The third kappa shape index (κ3) is 6.00. The highest BCUT2D eigenvalue weighted by Crippen LogP contribution is 2.22. The molecule has 1 amide bonds. The lowest BCUT2D eigenvalue weighted by molar-refractivity contribution is 0.0939. The summed E-state index contributed by atoms with van der Waals surface area (Å²) in [6.45, 7) is 5.39. The van der Waals surface area contributed by atoms with E-state index in [0.717, 1.165) is 17.4 Å². The second-order valence-corrected chi connectivity index (χ2v) is 11.7. The van der Waals surface area contributed by atoms with Crippen molar-refractivity contribution < 1.29 is 21.6 Å². The average Bonchev–Trinajstić information content (AvgIpc) is 2.74. The number of carbonyl (C=O) groups excluding carboxylic acids is 1. The molecule has 3 aromatic carbocycles. The number of aryl methyl sites for hydroxylation is 2. The Kier molecular flexibility index (Phi) is 6.94. The first-order chi connectivity index (χ1) is 15.4. The van der Waals surface area contributed by atoms with Crippen molar-refractivity contribution >= 4 is 31.5 Å². The van der Waals surface area contributed by atoms with Gasteiger partial charge in [0, 0.05) is 11.8 Å². The number of hydrogen-bond donors (Lipinski definition) is 2. The van der Waals surface area contributed by atoms with Crippen molar-refractivity contribution in [3.8, 4) is 0 Å². The molecule has 0 spiro atoms. The van der Waals surface area contributed by atoms with Gasteiger partial charge in [0.2, 0.25) is 0 Å². The fraction of sp³-hybridized carbons (Fsp3) is 0.208. The number of rotatable bonds is 7. The summed E-state index contributed by atoms with van der Waals surface area (Å²) in [5, 5.41) is 2.87. The number of nitrogens with one attached hydrogen (secondary N) is 2. The summed E-state index contributed by atoms with van der Waals surface area (Å²) in [6.07, 6.45) is 1.14. The number of amides is 1. The van der Waals surface area contributed by atoms with Crippen LogP contribution in [0.5, 0.6) is 0 Å². The molecule has 0 aliphatic rings. The van der Waals surface area contributed by atoms with Crippen LogP contribution in [0.2, 0.25) is 0 Å². The maximum Gasteiger partial charge on any atom is 0.261 e. The van der Waals surface area contributed by atoms with Crippen molar-refractivity contribution in [2.24, 2.45) is 0 Å². The monoisotopic (exact) mass is 486 g/mol. The third-order valence-electron chi connectivity index (χ3n) is 5.22. The summed E-state index contributed by atoms with van der Waals surface area (Å²) in [5.41, 5.74) is 3.08. The van der Waals surface area contributed by atoms with E-state index in [4.69, 9.17) is 0 Å². The van der Waals surface area contributed by atoms with Crippen molar-refractivity contribution in [3.05, 3.63) is 89.0 Å². The minimum absolute atomic E-state index is 0.157. The predicted molar refractivity (Wildman–Crippen MR) is 129 cm³/mol. The maximum atomic E-state index is 12.7. The molecular formula is C24H26N2O5S2. The standard InChI is InChI=1S/C24H26N2O5S2/c1-16-5-10-22(11-6-16)33(30,31)26-23-14-9-20(15-17(23)2)24(27)25-18(3)19-7-12-21(13-8-19)32(4,28)29/h5-15,18,26H,1-4H3,(H,25,27)/t18-/m0/s1. The van der Waals surface area contributed by atoms with Crippen LogP contribution in [0.4, 0.5) is 5.69 Å². The van der Waals surface area contributed by atoms with Gasteiger partial charge in [-0.05, 0) is 74.4 Å². The van der Waals surface area contributed by atoms with Gasteiger partial charge in [-0.15, -0.1) is 0 Å². The lowest BCUT2D eigenvalue weighted by Gasteiger charge is -2.16. The summed E-state index contributed by atoms with van der Waals surface area (Å²) >= 11 is 0. The Morgan fingerprint density at radius 2 is 1.39 bits per heavy atom. The molecule has 1 atom stereocenters. The number of anilines is 1. The molecule has 0 saturated heterocycles. The number of carbonyl (C=O) groups is 1. The molecule has 0 unspecified atom stereocenters. The smallest absolute Gasteiger partial charge is 0.261 e. The van der Waals surface area contributed by atoms with Crippen molar-refractivity contribution in [1.82, 2.24) is 5.32 Å². The Labute approximate surface area is 194 Å². The van der Waals surface area contributed by atoms with E-state index < -0.39 is 19.9 Å². The zero-order chi connectivity index (χ0) is 24.4. The Morgan fingerprint density at radius 3 is 1.94 bits per heavy atom. The molecule has 0 bridgehead atoms. The van der Waals surface area contributed by atoms with Crippen LogP contribution in [0.1, 0.15) is 40.0 Å². The molecular weight excluding hydrogens is 460 g/mol. The molecule has 0 aliphatic heterocycles. The summed E-state index contributed by atoms with van der Waals surface area (Å²) in [4.78, 5) is 13.1. The Balaban J connectivity index is 1.72. The molecule has 0 heterocycles. The number of sulfonamides is 1. The second-order valence-electron chi connectivity index (χ2n) is 7.98. The normalized spacial score (nSPS) is 12.7. The second kappa shape index (κ2) is 9.36. The Hall–Kier alpha value is -3.17. The topological polar surface area (TPSA) is 109 Å². The minimum Gasteiger partial charge on any atom is -0.346 e. The lowest BCUT2D eigenvalue weighted by atomic mass is 10.1. The SMILES string of the molecule is Cc1ccc(S(=O)(=O)Nc2ccc(C(=O)N[C@@H](C)c3ccc(S(C)(=O)=O)cc3)cc2C)cc1. The van der Waals surface area contributed by atoms with Crippen LogP contribution >= 0.6 is 0 Å². The van der Waals surface area contributed by atoms with Gasteiger partial charge in [0.05, 0.1) is 21.5 Å². The highest BCUT2D eigenvalue weighted by Gasteiger charge is 2.17. The molecule has 0 saturated carbocycles. The van der Waals surface area contributed by atoms with Crippen LogP contribution in [-0.2, 0) is 19.9 Å². The van der Waals surface area contributed by atoms with E-state index in [1.54, 1.807) is 68.4 Å². The van der Waals surface area contributed by atoms with Gasteiger partial charge >= 0.3 is 0 Å². The first-order valence-corrected chi connectivity index (χ1v) is 13.6. The maximum absolute atomic E-state index is 12.7. The van der Waals surface area contributed by atoms with Crippen molar-refractivity contribution in [2.45, 2.75) is 36.6 Å². The fourth-order valence-corrected chi connectivity index (χ4v) is 4.97. The molecule has 3 aromatic rings. The van der Waals surface area contributed by atoms with Crippen molar-refractivity contribution in [3.63, 3.8) is 0 Å².